The van der Waals surface area contributed by atoms with E-state index in [0.29, 0.717) is 0 Å². The zero-order valence-electron chi connectivity index (χ0n) is 34.9. The highest BCUT2D eigenvalue weighted by Crippen LogP contribution is 2.05. The van der Waals surface area contributed by atoms with Crippen molar-refractivity contribution < 1.29 is 57.0 Å². The molecule has 18 heteroatoms. The Kier molecular flexibility index (Phi) is 23.8. The molecule has 0 aliphatic heterocycles. The molecule has 0 saturated carbocycles. The first-order valence-corrected chi connectivity index (χ1v) is 18.9. The fraction of sp³-hybridized carbons (Fsp3) is 0.692. The van der Waals surface area contributed by atoms with E-state index < -0.39 is 89.9 Å². The molecule has 0 aliphatic rings. The van der Waals surface area contributed by atoms with E-state index in [9.17, 15) is 28.8 Å². The quantitative estimate of drug-likeness (QED) is 0.0620. The van der Waals surface area contributed by atoms with Gasteiger partial charge in [-0.2, -0.15) is 0 Å². The van der Waals surface area contributed by atoms with Gasteiger partial charge in [0.15, 0.2) is 0 Å². The van der Waals surface area contributed by atoms with Gasteiger partial charge >= 0.3 is 35.0 Å². The van der Waals surface area contributed by atoms with Gasteiger partial charge in [-0.25, -0.2) is 42.5 Å². The molecular weight excluding hydrogens is 750 g/mol. The summed E-state index contributed by atoms with van der Waals surface area (Å²) in [6.07, 6.45) is -1.67. The van der Waals surface area contributed by atoms with Gasteiger partial charge in [0.05, 0.1) is 95.9 Å². The number of ether oxygens (including phenoxy) is 9. The number of hydrogen-bond acceptors (Lipinski definition) is 15. The van der Waals surface area contributed by atoms with Crippen molar-refractivity contribution in [2.24, 2.45) is 0 Å². The van der Waals surface area contributed by atoms with Gasteiger partial charge in [-0.15, -0.1) is 0 Å². The van der Waals surface area contributed by atoms with Crippen LogP contribution in [0.5, 0.6) is 0 Å². The molecule has 9 atom stereocenters. The monoisotopic (exact) mass is 813 g/mol. The molecule has 0 N–H and O–H groups in total. The van der Waals surface area contributed by atoms with Crippen LogP contribution in [0.4, 0.5) is 0 Å². The Morgan fingerprint density at radius 2 is 0.596 bits per heavy atom. The van der Waals surface area contributed by atoms with Crippen LogP contribution < -0.4 is 17.1 Å². The van der Waals surface area contributed by atoms with E-state index in [1.807, 2.05) is 0 Å². The van der Waals surface area contributed by atoms with Crippen molar-refractivity contribution in [3.63, 3.8) is 0 Å². The van der Waals surface area contributed by atoms with Crippen LogP contribution in [0.1, 0.15) is 62.3 Å². The van der Waals surface area contributed by atoms with E-state index >= 15 is 0 Å². The minimum absolute atomic E-state index is 0.0903. The van der Waals surface area contributed by atoms with Crippen molar-refractivity contribution in [3.8, 4) is 0 Å². The van der Waals surface area contributed by atoms with E-state index in [4.69, 9.17) is 42.6 Å². The predicted octanol–water partition coefficient (Wildman–Crippen LogP) is 1.96. The standard InChI is InChI=1S/C39H63N3O15/c1-13-34(43)55-31(10)22-52-28(7)19-49-25(4)16-40-37(46)41(17-26(5)50-20-29(8)53-23-32(11)56-35(44)14-2)39(48)42(38(40)47)18-27(6)51-21-30(9)54-24-33(12)57-36(45)15-3/h13-15,25-33H,1-3,16-24H2,4-12H3. The number of aromatic nitrogens is 3. The Balaban J connectivity index is 3.14. The van der Waals surface area contributed by atoms with Crippen LogP contribution in [0, 0.1) is 0 Å². The second-order valence-electron chi connectivity index (χ2n) is 13.9. The Morgan fingerprint density at radius 1 is 0.404 bits per heavy atom. The average Bonchev–Trinajstić information content (AvgIpc) is 3.17. The number of hydrogen-bond donors (Lipinski definition) is 0. The summed E-state index contributed by atoms with van der Waals surface area (Å²) in [5.41, 5.74) is -2.55. The zero-order chi connectivity index (χ0) is 43.2. The second-order valence-corrected chi connectivity index (χ2v) is 13.9. The van der Waals surface area contributed by atoms with Gasteiger partial charge in [0.2, 0.25) is 0 Å². The van der Waals surface area contributed by atoms with Crippen LogP contribution >= 0.6 is 0 Å². The van der Waals surface area contributed by atoms with Gasteiger partial charge in [-0.1, -0.05) is 19.7 Å². The van der Waals surface area contributed by atoms with Crippen LogP contribution in [0.3, 0.4) is 0 Å². The molecular formula is C39H63N3O15. The maximum Gasteiger partial charge on any atom is 0.336 e. The topological polar surface area (TPSA) is 200 Å². The molecule has 0 spiro atoms. The second kappa shape index (κ2) is 26.7. The minimum atomic E-state index is -0.849. The van der Waals surface area contributed by atoms with Crippen LogP contribution in [0.25, 0.3) is 0 Å². The van der Waals surface area contributed by atoms with E-state index in [-0.39, 0.29) is 59.3 Å². The summed E-state index contributed by atoms with van der Waals surface area (Å²) >= 11 is 0. The molecule has 0 aromatic carbocycles. The maximum atomic E-state index is 13.8. The molecule has 0 radical (unpaired) electrons. The molecule has 0 fully saturated rings. The first kappa shape index (κ1) is 50.8. The summed E-state index contributed by atoms with van der Waals surface area (Å²) in [7, 11) is 0. The SMILES string of the molecule is C=CC(=O)OC(C)COC(C)COC(C)Cn1c(=O)n(CC(C)OCC(C)OCC(C)OC(=O)C=C)c(=O)n(CC(C)OCC(C)OCC(C)OC(=O)C=C)c1=O. The lowest BCUT2D eigenvalue weighted by atomic mass is 10.3. The smallest absolute Gasteiger partial charge is 0.336 e. The van der Waals surface area contributed by atoms with Crippen molar-refractivity contribution in [2.45, 2.75) is 137 Å². The van der Waals surface area contributed by atoms with Gasteiger partial charge < -0.3 is 42.6 Å². The molecule has 1 rings (SSSR count). The van der Waals surface area contributed by atoms with Crippen molar-refractivity contribution in [1.82, 2.24) is 13.7 Å². The zero-order valence-corrected chi connectivity index (χ0v) is 34.9. The van der Waals surface area contributed by atoms with Crippen molar-refractivity contribution in [1.29, 1.82) is 0 Å². The molecule has 324 valence electrons. The summed E-state index contributed by atoms with van der Waals surface area (Å²) in [5.74, 6) is -1.71. The predicted molar refractivity (Wildman–Crippen MR) is 209 cm³/mol. The molecule has 0 amide bonds. The Morgan fingerprint density at radius 3 is 0.807 bits per heavy atom. The highest BCUT2D eigenvalue weighted by molar-refractivity contribution is 5.82. The van der Waals surface area contributed by atoms with Crippen LogP contribution in [0.15, 0.2) is 52.3 Å². The molecule has 18 nitrogen and oxygen atoms in total. The number of carbonyl (C=O) groups excluding carboxylic acids is 3. The van der Waals surface area contributed by atoms with E-state index in [1.165, 1.54) is 0 Å². The normalized spacial score (nSPS) is 16.2. The summed E-state index contributed by atoms with van der Waals surface area (Å²) in [6, 6.07) is 0. The highest BCUT2D eigenvalue weighted by Gasteiger charge is 2.22. The largest absolute Gasteiger partial charge is 0.457 e. The minimum Gasteiger partial charge on any atom is -0.457 e. The fourth-order valence-electron chi connectivity index (χ4n) is 4.86. The third kappa shape index (κ3) is 20.2. The summed E-state index contributed by atoms with van der Waals surface area (Å²) in [6.45, 7) is 25.4. The molecule has 57 heavy (non-hydrogen) atoms. The Bertz CT molecular complexity index is 1400. The van der Waals surface area contributed by atoms with Gasteiger partial charge in [0, 0.05) is 18.2 Å². The van der Waals surface area contributed by atoms with Crippen molar-refractivity contribution in [2.75, 3.05) is 39.6 Å². The van der Waals surface area contributed by atoms with E-state index in [0.717, 1.165) is 31.9 Å². The molecule has 9 unspecified atom stereocenters. The third-order valence-corrected chi connectivity index (χ3v) is 7.85. The fourth-order valence-corrected chi connectivity index (χ4v) is 4.86. The van der Waals surface area contributed by atoms with Gasteiger partial charge in [-0.3, -0.25) is 0 Å². The number of rotatable bonds is 30. The molecule has 1 aromatic heterocycles. The maximum absolute atomic E-state index is 13.8. The van der Waals surface area contributed by atoms with Crippen LogP contribution in [-0.2, 0) is 76.6 Å². The number of nitrogens with zero attached hydrogens (tertiary/aromatic N) is 3. The highest BCUT2D eigenvalue weighted by atomic mass is 16.6. The van der Waals surface area contributed by atoms with E-state index in [2.05, 4.69) is 19.7 Å². The molecule has 0 saturated heterocycles. The molecule has 1 heterocycles. The third-order valence-electron chi connectivity index (χ3n) is 7.85. The van der Waals surface area contributed by atoms with Crippen LogP contribution in [0.2, 0.25) is 0 Å². The summed E-state index contributed by atoms with van der Waals surface area (Å²) in [5, 5.41) is 0. The lowest BCUT2D eigenvalue weighted by Gasteiger charge is -2.23. The molecule has 0 bridgehead atoms. The average molecular weight is 814 g/mol. The lowest BCUT2D eigenvalue weighted by Crippen LogP contribution is -2.57. The summed E-state index contributed by atoms with van der Waals surface area (Å²) in [4.78, 5) is 75.6. The first-order valence-electron chi connectivity index (χ1n) is 18.9. The molecule has 0 aliphatic carbocycles. The van der Waals surface area contributed by atoms with E-state index in [1.54, 1.807) is 62.3 Å². The van der Waals surface area contributed by atoms with Crippen molar-refractivity contribution in [3.05, 3.63) is 69.4 Å². The Hall–Kier alpha value is -4.20. The Labute approximate surface area is 334 Å². The van der Waals surface area contributed by atoms with Gasteiger partial charge in [0.1, 0.15) is 18.3 Å². The van der Waals surface area contributed by atoms with Gasteiger partial charge in [0.25, 0.3) is 0 Å². The van der Waals surface area contributed by atoms with Crippen LogP contribution in [-0.4, -0.2) is 126 Å². The summed E-state index contributed by atoms with van der Waals surface area (Å²) < 4.78 is 52.9. The molecule has 1 aromatic rings. The first-order chi connectivity index (χ1) is 26.8. The number of esters is 3. The number of carbonyl (C=O) groups is 3. The van der Waals surface area contributed by atoms with Crippen molar-refractivity contribution >= 4 is 17.9 Å². The lowest BCUT2D eigenvalue weighted by molar-refractivity contribution is -0.147. The van der Waals surface area contributed by atoms with Gasteiger partial charge in [-0.05, 0) is 62.3 Å².